The van der Waals surface area contributed by atoms with Gasteiger partial charge in [0.1, 0.15) is 0 Å². The molecular weight excluding hydrogens is 194 g/mol. The van der Waals surface area contributed by atoms with E-state index in [0.717, 1.165) is 11.3 Å². The van der Waals surface area contributed by atoms with E-state index in [2.05, 4.69) is 10.1 Å². The lowest BCUT2D eigenvalue weighted by molar-refractivity contribution is -0.137. The molecule has 0 fully saturated rings. The van der Waals surface area contributed by atoms with E-state index in [1.807, 2.05) is 25.1 Å². The number of pyridine rings is 1. The molecule has 0 radical (unpaired) electrons. The Morgan fingerprint density at radius 2 is 2.33 bits per heavy atom. The monoisotopic (exact) mass is 205 g/mol. The van der Waals surface area contributed by atoms with Crippen LogP contribution in [-0.2, 0) is 11.2 Å². The molecule has 0 saturated carbocycles. The topological polar surface area (TPSA) is 67.5 Å². The molecule has 78 valence electrons. The van der Waals surface area contributed by atoms with Gasteiger partial charge in [-0.15, -0.1) is 0 Å². The fourth-order valence-corrected chi connectivity index (χ4v) is 1.40. The molecule has 2 aromatic rings. The van der Waals surface area contributed by atoms with Crippen LogP contribution in [0.15, 0.2) is 18.2 Å². The molecule has 0 bridgehead atoms. The van der Waals surface area contributed by atoms with Crippen LogP contribution >= 0.6 is 0 Å². The van der Waals surface area contributed by atoms with Gasteiger partial charge in [-0.3, -0.25) is 4.79 Å². The number of hydrogen-bond donors (Lipinski definition) is 1. The molecule has 0 unspecified atom stereocenters. The van der Waals surface area contributed by atoms with E-state index in [9.17, 15) is 4.79 Å². The van der Waals surface area contributed by atoms with Crippen molar-refractivity contribution in [2.75, 3.05) is 0 Å². The van der Waals surface area contributed by atoms with E-state index in [0.29, 0.717) is 12.2 Å². The van der Waals surface area contributed by atoms with Crippen molar-refractivity contribution < 1.29 is 9.90 Å². The van der Waals surface area contributed by atoms with Crippen LogP contribution in [0.2, 0.25) is 0 Å². The number of carbonyl (C=O) groups is 1. The zero-order valence-electron chi connectivity index (χ0n) is 8.34. The molecule has 5 heteroatoms. The summed E-state index contributed by atoms with van der Waals surface area (Å²) in [5.41, 5.74) is 1.75. The predicted molar refractivity (Wildman–Crippen MR) is 53.7 cm³/mol. The summed E-state index contributed by atoms with van der Waals surface area (Å²) in [5.74, 6) is -0.253. The Bertz CT molecular complexity index is 504. The summed E-state index contributed by atoms with van der Waals surface area (Å²) in [6.07, 6.45) is 0.437. The van der Waals surface area contributed by atoms with Crippen LogP contribution in [0, 0.1) is 6.92 Å². The van der Waals surface area contributed by atoms with Gasteiger partial charge in [-0.2, -0.15) is 5.10 Å². The Kier molecular flexibility index (Phi) is 2.37. The molecular formula is C10H11N3O2. The number of nitrogens with zero attached hydrogens (tertiary/aromatic N) is 3. The van der Waals surface area contributed by atoms with Crippen LogP contribution < -0.4 is 0 Å². The SMILES string of the molecule is Cc1cccc2nc(CCC(=O)O)nn12. The summed E-state index contributed by atoms with van der Waals surface area (Å²) < 4.78 is 1.72. The van der Waals surface area contributed by atoms with Crippen molar-refractivity contribution >= 4 is 11.6 Å². The van der Waals surface area contributed by atoms with Crippen LogP contribution in [0.25, 0.3) is 5.65 Å². The number of carboxylic acid groups (broad SMARTS) is 1. The standard InChI is InChI=1S/C10H11N3O2/c1-7-3-2-4-9-11-8(12-13(7)9)5-6-10(14)15/h2-4H,5-6H2,1H3,(H,14,15). The molecule has 0 amide bonds. The molecule has 1 N–H and O–H groups in total. The molecule has 0 aliphatic rings. The Morgan fingerprint density at radius 1 is 1.53 bits per heavy atom. The fourth-order valence-electron chi connectivity index (χ4n) is 1.40. The third-order valence-corrected chi connectivity index (χ3v) is 2.16. The highest BCUT2D eigenvalue weighted by molar-refractivity contribution is 5.66. The van der Waals surface area contributed by atoms with Crippen molar-refractivity contribution in [1.29, 1.82) is 0 Å². The minimum absolute atomic E-state index is 0.0654. The van der Waals surface area contributed by atoms with Crippen LogP contribution in [0.1, 0.15) is 17.9 Å². The van der Waals surface area contributed by atoms with Gasteiger partial charge in [-0.05, 0) is 19.1 Å². The summed E-state index contributed by atoms with van der Waals surface area (Å²) in [4.78, 5) is 14.6. The van der Waals surface area contributed by atoms with E-state index in [1.54, 1.807) is 4.52 Å². The van der Waals surface area contributed by atoms with Gasteiger partial charge in [0.2, 0.25) is 0 Å². The first-order valence-electron chi connectivity index (χ1n) is 4.70. The molecule has 0 aliphatic heterocycles. The van der Waals surface area contributed by atoms with E-state index in [-0.39, 0.29) is 6.42 Å². The van der Waals surface area contributed by atoms with Crippen molar-refractivity contribution in [3.05, 3.63) is 29.7 Å². The molecule has 15 heavy (non-hydrogen) atoms. The number of carboxylic acids is 1. The summed E-state index contributed by atoms with van der Waals surface area (Å²) in [6, 6.07) is 5.69. The lowest BCUT2D eigenvalue weighted by Crippen LogP contribution is -1.99. The zero-order chi connectivity index (χ0) is 10.8. The Hall–Kier alpha value is -1.91. The second-order valence-electron chi connectivity index (χ2n) is 3.36. The second kappa shape index (κ2) is 3.68. The number of aliphatic carboxylic acids is 1. The first kappa shape index (κ1) is 9.64. The Morgan fingerprint density at radius 3 is 3.00 bits per heavy atom. The predicted octanol–water partition coefficient (Wildman–Crippen LogP) is 1.05. The van der Waals surface area contributed by atoms with Gasteiger partial charge in [0.15, 0.2) is 11.5 Å². The summed E-state index contributed by atoms with van der Waals surface area (Å²) in [5, 5.41) is 12.8. The molecule has 0 saturated heterocycles. The van der Waals surface area contributed by atoms with Crippen LogP contribution in [0.5, 0.6) is 0 Å². The van der Waals surface area contributed by atoms with Crippen LogP contribution in [0.4, 0.5) is 0 Å². The number of fused-ring (bicyclic) bond motifs is 1. The first-order chi connectivity index (χ1) is 7.16. The van der Waals surface area contributed by atoms with Crippen molar-refractivity contribution in [3.8, 4) is 0 Å². The van der Waals surface area contributed by atoms with Crippen LogP contribution in [0.3, 0.4) is 0 Å². The quantitative estimate of drug-likeness (QED) is 0.813. The maximum atomic E-state index is 10.4. The smallest absolute Gasteiger partial charge is 0.303 e. The van der Waals surface area contributed by atoms with E-state index >= 15 is 0 Å². The summed E-state index contributed by atoms with van der Waals surface area (Å²) in [6.45, 7) is 1.93. The minimum Gasteiger partial charge on any atom is -0.481 e. The molecule has 5 nitrogen and oxygen atoms in total. The van der Waals surface area contributed by atoms with Gasteiger partial charge < -0.3 is 5.11 Å². The van der Waals surface area contributed by atoms with E-state index in [4.69, 9.17) is 5.11 Å². The zero-order valence-corrected chi connectivity index (χ0v) is 8.34. The molecule has 0 aliphatic carbocycles. The number of aromatic nitrogens is 3. The van der Waals surface area contributed by atoms with E-state index in [1.165, 1.54) is 0 Å². The maximum Gasteiger partial charge on any atom is 0.303 e. The average Bonchev–Trinajstić information content (AvgIpc) is 2.59. The van der Waals surface area contributed by atoms with Crippen molar-refractivity contribution in [3.63, 3.8) is 0 Å². The number of hydrogen-bond acceptors (Lipinski definition) is 3. The molecule has 0 spiro atoms. The third-order valence-electron chi connectivity index (χ3n) is 2.16. The highest BCUT2D eigenvalue weighted by Crippen LogP contribution is 2.06. The van der Waals surface area contributed by atoms with Gasteiger partial charge in [0.05, 0.1) is 6.42 Å². The van der Waals surface area contributed by atoms with E-state index < -0.39 is 5.97 Å². The number of rotatable bonds is 3. The van der Waals surface area contributed by atoms with Crippen molar-refractivity contribution in [2.45, 2.75) is 19.8 Å². The van der Waals surface area contributed by atoms with Gasteiger partial charge >= 0.3 is 5.97 Å². The summed E-state index contributed by atoms with van der Waals surface area (Å²) in [7, 11) is 0. The minimum atomic E-state index is -0.828. The average molecular weight is 205 g/mol. The maximum absolute atomic E-state index is 10.4. The first-order valence-corrected chi connectivity index (χ1v) is 4.70. The largest absolute Gasteiger partial charge is 0.481 e. The molecule has 2 aromatic heterocycles. The molecule has 2 rings (SSSR count). The third kappa shape index (κ3) is 1.96. The fraction of sp³-hybridized carbons (Fsp3) is 0.300. The normalized spacial score (nSPS) is 10.7. The van der Waals surface area contributed by atoms with Crippen molar-refractivity contribution in [2.24, 2.45) is 0 Å². The van der Waals surface area contributed by atoms with Gasteiger partial charge in [0.25, 0.3) is 0 Å². The Balaban J connectivity index is 2.31. The molecule has 0 aromatic carbocycles. The van der Waals surface area contributed by atoms with Gasteiger partial charge in [-0.1, -0.05) is 6.07 Å². The van der Waals surface area contributed by atoms with Gasteiger partial charge in [-0.25, -0.2) is 9.50 Å². The highest BCUT2D eigenvalue weighted by atomic mass is 16.4. The summed E-state index contributed by atoms with van der Waals surface area (Å²) >= 11 is 0. The molecule has 0 atom stereocenters. The van der Waals surface area contributed by atoms with Gasteiger partial charge in [0, 0.05) is 12.1 Å². The number of aryl methyl sites for hydroxylation is 2. The second-order valence-corrected chi connectivity index (χ2v) is 3.36. The highest BCUT2D eigenvalue weighted by Gasteiger charge is 2.06. The van der Waals surface area contributed by atoms with Crippen LogP contribution in [-0.4, -0.2) is 25.7 Å². The lowest BCUT2D eigenvalue weighted by Gasteiger charge is -1.94. The Labute approximate surface area is 86.4 Å². The molecule has 2 heterocycles. The van der Waals surface area contributed by atoms with Crippen molar-refractivity contribution in [1.82, 2.24) is 14.6 Å². The lowest BCUT2D eigenvalue weighted by atomic mass is 10.3.